The highest BCUT2D eigenvalue weighted by molar-refractivity contribution is 5.99. The van der Waals surface area contributed by atoms with Crippen molar-refractivity contribution in [3.8, 4) is 0 Å². The molecule has 0 radical (unpaired) electrons. The van der Waals surface area contributed by atoms with E-state index in [1.807, 2.05) is 6.92 Å². The van der Waals surface area contributed by atoms with E-state index in [1.54, 1.807) is 12.1 Å². The van der Waals surface area contributed by atoms with Crippen molar-refractivity contribution in [1.29, 1.82) is 0 Å². The van der Waals surface area contributed by atoms with E-state index >= 15 is 0 Å². The highest BCUT2D eigenvalue weighted by Crippen LogP contribution is 2.48. The van der Waals surface area contributed by atoms with E-state index < -0.39 is 35.8 Å². The van der Waals surface area contributed by atoms with Crippen LogP contribution in [0, 0.1) is 5.92 Å². The van der Waals surface area contributed by atoms with Crippen LogP contribution < -0.4 is 5.73 Å². The number of pyridine rings is 2. The molecule has 1 aromatic carbocycles. The Hall–Kier alpha value is -3.41. The molecule has 36 heavy (non-hydrogen) atoms. The van der Waals surface area contributed by atoms with Gasteiger partial charge in [0.2, 0.25) is 0 Å². The Morgan fingerprint density at radius 3 is 2.53 bits per heavy atom. The molecule has 1 amide bonds. The van der Waals surface area contributed by atoms with Crippen LogP contribution in [0.1, 0.15) is 52.2 Å². The van der Waals surface area contributed by atoms with Crippen LogP contribution in [0.2, 0.25) is 0 Å². The quantitative estimate of drug-likeness (QED) is 0.475. The molecule has 190 valence electrons. The van der Waals surface area contributed by atoms with Gasteiger partial charge in [0.15, 0.2) is 0 Å². The van der Waals surface area contributed by atoms with Gasteiger partial charge < -0.3 is 15.4 Å². The highest BCUT2D eigenvalue weighted by Gasteiger charge is 2.59. The number of anilines is 1. The van der Waals surface area contributed by atoms with E-state index in [0.29, 0.717) is 28.5 Å². The van der Waals surface area contributed by atoms with E-state index in [-0.39, 0.29) is 36.9 Å². The lowest BCUT2D eigenvalue weighted by Gasteiger charge is -2.24. The topological polar surface area (TPSA) is 81.3 Å². The third kappa shape index (κ3) is 4.34. The van der Waals surface area contributed by atoms with E-state index in [2.05, 4.69) is 9.97 Å². The lowest BCUT2D eigenvalue weighted by atomic mass is 10.00. The van der Waals surface area contributed by atoms with Gasteiger partial charge in [0.25, 0.3) is 5.91 Å². The minimum Gasteiger partial charge on any atom is -0.383 e. The second-order valence-electron chi connectivity index (χ2n) is 8.99. The molecule has 3 aromatic rings. The average molecular weight is 510 g/mol. The minimum absolute atomic E-state index is 0.0440. The molecule has 1 fully saturated rings. The van der Waals surface area contributed by atoms with Gasteiger partial charge in [-0.3, -0.25) is 9.78 Å². The molecule has 6 nitrogen and oxygen atoms in total. The van der Waals surface area contributed by atoms with Crippen LogP contribution in [-0.4, -0.2) is 33.0 Å². The summed E-state index contributed by atoms with van der Waals surface area (Å²) in [5.41, 5.74) is 7.20. The fraction of sp³-hybridized carbons (Fsp3) is 0.375. The predicted octanol–water partition coefficient (Wildman–Crippen LogP) is 5.42. The van der Waals surface area contributed by atoms with E-state index in [0.717, 1.165) is 22.6 Å². The number of nitrogens with zero attached hydrogens (tertiary/aromatic N) is 3. The smallest absolute Gasteiger partial charge is 0.383 e. The standard InChI is InChI=1S/C24H20F6N4O2/c1-11-20-16(10-36-11)15-6-12(2-5-18(15)33-21(20)31)22(35)34(19-7-17(19)24(28,29)30)9-14-4-3-13(8-32-14)23(25,26)27/h2-6,8,11,17,19H,7,9-10H2,1H3,(H2,31,33)/t11-,17-,19-/m0/s1. The summed E-state index contributed by atoms with van der Waals surface area (Å²) in [6, 6.07) is 5.26. The lowest BCUT2D eigenvalue weighted by Crippen LogP contribution is -2.35. The van der Waals surface area contributed by atoms with Crippen molar-refractivity contribution in [2.24, 2.45) is 5.92 Å². The Bertz CT molecular complexity index is 1340. The van der Waals surface area contributed by atoms with Crippen molar-refractivity contribution < 1.29 is 35.9 Å². The van der Waals surface area contributed by atoms with Crippen molar-refractivity contribution in [1.82, 2.24) is 14.9 Å². The maximum absolute atomic E-state index is 13.5. The van der Waals surface area contributed by atoms with Gasteiger partial charge in [-0.1, -0.05) is 0 Å². The molecule has 2 aromatic heterocycles. The number of rotatable bonds is 4. The fourth-order valence-corrected chi connectivity index (χ4v) is 4.64. The third-order valence-electron chi connectivity index (χ3n) is 6.62. The van der Waals surface area contributed by atoms with Gasteiger partial charge in [0.05, 0.1) is 41.9 Å². The molecular weight excluding hydrogens is 490 g/mol. The number of amides is 1. The summed E-state index contributed by atoms with van der Waals surface area (Å²) in [6.45, 7) is 1.69. The molecule has 0 bridgehead atoms. The van der Waals surface area contributed by atoms with Crippen LogP contribution in [0.3, 0.4) is 0 Å². The van der Waals surface area contributed by atoms with Crippen LogP contribution in [0.4, 0.5) is 32.2 Å². The molecular formula is C24H20F6N4O2. The van der Waals surface area contributed by atoms with Crippen LogP contribution in [0.25, 0.3) is 10.9 Å². The van der Waals surface area contributed by atoms with Gasteiger partial charge in [0.1, 0.15) is 5.82 Å². The third-order valence-corrected chi connectivity index (χ3v) is 6.62. The monoisotopic (exact) mass is 510 g/mol. The SMILES string of the molecule is C[C@@H]1OCc2c1c(N)nc1ccc(C(=O)N(Cc3ccc(C(F)(F)F)cn3)[C@H]3C[C@@H]3C(F)(F)F)cc21. The fourth-order valence-electron chi connectivity index (χ4n) is 4.64. The number of carbonyl (C=O) groups excluding carboxylic acids is 1. The molecule has 0 saturated heterocycles. The molecule has 0 spiro atoms. The molecule has 1 aliphatic carbocycles. The largest absolute Gasteiger partial charge is 0.417 e. The molecule has 2 aliphatic rings. The summed E-state index contributed by atoms with van der Waals surface area (Å²) in [5, 5.41) is 0.602. The number of hydrogen-bond acceptors (Lipinski definition) is 5. The molecule has 1 saturated carbocycles. The maximum Gasteiger partial charge on any atom is 0.417 e. The maximum atomic E-state index is 13.5. The molecule has 2 N–H and O–H groups in total. The number of nitrogens with two attached hydrogens (primary N) is 1. The first-order valence-corrected chi connectivity index (χ1v) is 11.1. The van der Waals surface area contributed by atoms with E-state index in [1.165, 1.54) is 6.07 Å². The zero-order chi connectivity index (χ0) is 26.0. The van der Waals surface area contributed by atoms with Crippen molar-refractivity contribution >= 4 is 22.6 Å². The van der Waals surface area contributed by atoms with Crippen molar-refractivity contribution in [3.63, 3.8) is 0 Å². The van der Waals surface area contributed by atoms with Gasteiger partial charge in [-0.2, -0.15) is 26.3 Å². The number of benzene rings is 1. The summed E-state index contributed by atoms with van der Waals surface area (Å²) < 4.78 is 84.3. The Balaban J connectivity index is 1.50. The van der Waals surface area contributed by atoms with E-state index in [4.69, 9.17) is 10.5 Å². The van der Waals surface area contributed by atoms with Crippen molar-refractivity contribution in [3.05, 3.63) is 64.5 Å². The highest BCUT2D eigenvalue weighted by atomic mass is 19.4. The Morgan fingerprint density at radius 2 is 1.92 bits per heavy atom. The van der Waals surface area contributed by atoms with Gasteiger partial charge in [-0.15, -0.1) is 0 Å². The summed E-state index contributed by atoms with van der Waals surface area (Å²) in [4.78, 5) is 22.6. The molecule has 3 heterocycles. The first kappa shape index (κ1) is 24.3. The van der Waals surface area contributed by atoms with Crippen molar-refractivity contribution in [2.45, 2.75) is 51.0 Å². The predicted molar refractivity (Wildman–Crippen MR) is 116 cm³/mol. The molecule has 5 rings (SSSR count). The minimum atomic E-state index is -4.61. The number of alkyl halides is 6. The first-order chi connectivity index (χ1) is 16.8. The number of hydrogen-bond donors (Lipinski definition) is 1. The number of aromatic nitrogens is 2. The van der Waals surface area contributed by atoms with Crippen LogP contribution >= 0.6 is 0 Å². The Morgan fingerprint density at radius 1 is 1.17 bits per heavy atom. The van der Waals surface area contributed by atoms with Crippen LogP contribution in [-0.2, 0) is 24.1 Å². The zero-order valence-corrected chi connectivity index (χ0v) is 18.8. The van der Waals surface area contributed by atoms with Gasteiger partial charge in [-0.05, 0) is 49.2 Å². The molecule has 3 atom stereocenters. The summed E-state index contributed by atoms with van der Waals surface area (Å²) in [6.07, 6.45) is -9.10. The molecule has 0 unspecified atom stereocenters. The van der Waals surface area contributed by atoms with Gasteiger partial charge >= 0.3 is 12.4 Å². The Kier molecular flexibility index (Phi) is 5.62. The number of fused-ring (bicyclic) bond motifs is 3. The number of ether oxygens (including phenoxy) is 1. The second-order valence-corrected chi connectivity index (χ2v) is 8.99. The normalized spacial score (nSPS) is 21.5. The van der Waals surface area contributed by atoms with Gasteiger partial charge in [-0.25, -0.2) is 4.98 Å². The Labute approximate surface area is 201 Å². The number of halogens is 6. The number of carbonyl (C=O) groups is 1. The summed E-state index contributed by atoms with van der Waals surface area (Å²) in [5.74, 6) is -2.09. The molecule has 12 heteroatoms. The van der Waals surface area contributed by atoms with Crippen LogP contribution in [0.15, 0.2) is 36.5 Å². The van der Waals surface area contributed by atoms with Crippen LogP contribution in [0.5, 0.6) is 0 Å². The zero-order valence-electron chi connectivity index (χ0n) is 18.8. The summed E-state index contributed by atoms with van der Waals surface area (Å²) >= 11 is 0. The van der Waals surface area contributed by atoms with E-state index in [9.17, 15) is 31.1 Å². The molecule has 1 aliphatic heterocycles. The number of nitrogen functional groups attached to an aromatic ring is 1. The average Bonchev–Trinajstić information content (AvgIpc) is 3.52. The lowest BCUT2D eigenvalue weighted by molar-refractivity contribution is -0.151. The second kappa shape index (κ2) is 8.32. The summed E-state index contributed by atoms with van der Waals surface area (Å²) in [7, 11) is 0. The van der Waals surface area contributed by atoms with Gasteiger partial charge in [0, 0.05) is 28.8 Å². The first-order valence-electron chi connectivity index (χ1n) is 11.1. The van der Waals surface area contributed by atoms with Crippen molar-refractivity contribution in [2.75, 3.05) is 5.73 Å².